The quantitative estimate of drug-likeness (QED) is 0.753. The normalized spacial score (nSPS) is 15.8. The molecular formula is C15H24ClN3O. The Morgan fingerprint density at radius 1 is 1.35 bits per heavy atom. The minimum atomic E-state index is 0.116. The minimum absolute atomic E-state index is 0.116. The monoisotopic (exact) mass is 297 g/mol. The van der Waals surface area contributed by atoms with E-state index in [1.807, 2.05) is 26.8 Å². The molecule has 112 valence electrons. The lowest BCUT2D eigenvalue weighted by Crippen LogP contribution is -2.36. The molecule has 0 spiro atoms. The number of ether oxygens (including phenoxy) is 1. The molecular weight excluding hydrogens is 274 g/mol. The lowest BCUT2D eigenvalue weighted by Gasteiger charge is -2.28. The zero-order chi connectivity index (χ0) is 14.5. The Labute approximate surface area is 126 Å². The Bertz CT molecular complexity index is 433. The van der Waals surface area contributed by atoms with Crippen LogP contribution in [0.5, 0.6) is 5.88 Å². The molecule has 0 radical (unpaired) electrons. The van der Waals surface area contributed by atoms with Crippen LogP contribution in [0.1, 0.15) is 45.2 Å². The molecule has 1 aliphatic carbocycles. The van der Waals surface area contributed by atoms with Gasteiger partial charge in [-0.1, -0.05) is 12.8 Å². The molecule has 1 aromatic rings. The van der Waals surface area contributed by atoms with Gasteiger partial charge in [-0.2, -0.15) is 4.98 Å². The summed E-state index contributed by atoms with van der Waals surface area (Å²) in [6.07, 6.45) is 5.09. The summed E-state index contributed by atoms with van der Waals surface area (Å²) < 4.78 is 5.72. The molecule has 1 aliphatic rings. The predicted molar refractivity (Wildman–Crippen MR) is 82.9 cm³/mol. The van der Waals surface area contributed by atoms with Crippen LogP contribution >= 0.6 is 11.6 Å². The fourth-order valence-electron chi connectivity index (χ4n) is 2.71. The second-order valence-electron chi connectivity index (χ2n) is 5.63. The Kier molecular flexibility index (Phi) is 5.46. The second-order valence-corrected chi connectivity index (χ2v) is 6.01. The van der Waals surface area contributed by atoms with Gasteiger partial charge in [-0.15, -0.1) is 11.6 Å². The van der Waals surface area contributed by atoms with Crippen LogP contribution in [-0.2, 0) is 0 Å². The van der Waals surface area contributed by atoms with Crippen molar-refractivity contribution in [1.29, 1.82) is 0 Å². The molecule has 0 aliphatic heterocycles. The number of hydrogen-bond donors (Lipinski definition) is 0. The average Bonchev–Trinajstić information content (AvgIpc) is 2.87. The van der Waals surface area contributed by atoms with Gasteiger partial charge in [-0.3, -0.25) is 0 Å². The third-order valence-electron chi connectivity index (χ3n) is 3.52. The largest absolute Gasteiger partial charge is 0.475 e. The van der Waals surface area contributed by atoms with Gasteiger partial charge in [0.05, 0.1) is 6.10 Å². The fourth-order valence-corrected chi connectivity index (χ4v) is 2.89. The van der Waals surface area contributed by atoms with Crippen LogP contribution in [0.3, 0.4) is 0 Å². The molecule has 0 bridgehead atoms. The SMILES string of the molecule is Cc1cc(OC(C)C)nc(N(CCCl)C2CCCC2)n1. The summed E-state index contributed by atoms with van der Waals surface area (Å²) in [5.41, 5.74) is 0.934. The van der Waals surface area contributed by atoms with Crippen LogP contribution in [-0.4, -0.2) is 34.5 Å². The van der Waals surface area contributed by atoms with Crippen molar-refractivity contribution in [3.8, 4) is 5.88 Å². The summed E-state index contributed by atoms with van der Waals surface area (Å²) in [6.45, 7) is 6.78. The predicted octanol–water partition coefficient (Wildman–Crippen LogP) is 3.56. The number of aryl methyl sites for hydroxylation is 1. The van der Waals surface area contributed by atoms with Crippen LogP contribution in [0.2, 0.25) is 0 Å². The summed E-state index contributed by atoms with van der Waals surface area (Å²) in [5.74, 6) is 2.00. The molecule has 0 saturated heterocycles. The highest BCUT2D eigenvalue weighted by molar-refractivity contribution is 6.18. The second kappa shape index (κ2) is 7.11. The summed E-state index contributed by atoms with van der Waals surface area (Å²) in [5, 5.41) is 0. The van der Waals surface area contributed by atoms with Gasteiger partial charge in [0.15, 0.2) is 0 Å². The highest BCUT2D eigenvalue weighted by Crippen LogP contribution is 2.27. The third kappa shape index (κ3) is 3.98. The van der Waals surface area contributed by atoms with Gasteiger partial charge in [-0.05, 0) is 33.6 Å². The van der Waals surface area contributed by atoms with E-state index in [9.17, 15) is 0 Å². The van der Waals surface area contributed by atoms with Gasteiger partial charge >= 0.3 is 0 Å². The first kappa shape index (κ1) is 15.4. The highest BCUT2D eigenvalue weighted by Gasteiger charge is 2.25. The molecule has 0 amide bonds. The van der Waals surface area contributed by atoms with E-state index in [0.29, 0.717) is 17.8 Å². The molecule has 2 rings (SSSR count). The van der Waals surface area contributed by atoms with E-state index in [1.165, 1.54) is 25.7 Å². The van der Waals surface area contributed by atoms with Gasteiger partial charge in [0.25, 0.3) is 0 Å². The summed E-state index contributed by atoms with van der Waals surface area (Å²) in [4.78, 5) is 11.4. The highest BCUT2D eigenvalue weighted by atomic mass is 35.5. The lowest BCUT2D eigenvalue weighted by atomic mass is 10.2. The van der Waals surface area contributed by atoms with E-state index in [4.69, 9.17) is 16.3 Å². The summed E-state index contributed by atoms with van der Waals surface area (Å²) >= 11 is 5.96. The lowest BCUT2D eigenvalue weighted by molar-refractivity contribution is 0.232. The molecule has 0 N–H and O–H groups in total. The number of aromatic nitrogens is 2. The maximum Gasteiger partial charge on any atom is 0.229 e. The smallest absolute Gasteiger partial charge is 0.229 e. The minimum Gasteiger partial charge on any atom is -0.475 e. The van der Waals surface area contributed by atoms with Crippen LogP contribution in [0.25, 0.3) is 0 Å². The Hall–Kier alpha value is -1.03. The van der Waals surface area contributed by atoms with Crippen LogP contribution in [0, 0.1) is 6.92 Å². The van der Waals surface area contributed by atoms with Gasteiger partial charge in [0.2, 0.25) is 11.8 Å². The van der Waals surface area contributed by atoms with Crippen molar-refractivity contribution in [2.75, 3.05) is 17.3 Å². The van der Waals surface area contributed by atoms with E-state index in [1.54, 1.807) is 0 Å². The molecule has 5 heteroatoms. The number of anilines is 1. The molecule has 0 aromatic carbocycles. The molecule has 0 atom stereocenters. The number of hydrogen-bond acceptors (Lipinski definition) is 4. The molecule has 1 aromatic heterocycles. The van der Waals surface area contributed by atoms with Crippen molar-refractivity contribution >= 4 is 17.5 Å². The maximum absolute atomic E-state index is 5.96. The van der Waals surface area contributed by atoms with Crippen LogP contribution in [0.15, 0.2) is 6.07 Å². The number of rotatable bonds is 6. The van der Waals surface area contributed by atoms with Crippen molar-refractivity contribution in [2.45, 2.75) is 58.6 Å². The topological polar surface area (TPSA) is 38.2 Å². The van der Waals surface area contributed by atoms with Gasteiger partial charge in [0, 0.05) is 30.2 Å². The molecule has 1 heterocycles. The van der Waals surface area contributed by atoms with E-state index in [0.717, 1.165) is 18.2 Å². The zero-order valence-electron chi connectivity index (χ0n) is 12.6. The standard InChI is InChI=1S/C15H24ClN3O/c1-11(2)20-14-10-12(3)17-15(18-14)19(9-8-16)13-6-4-5-7-13/h10-11,13H,4-9H2,1-3H3. The Morgan fingerprint density at radius 3 is 2.65 bits per heavy atom. The van der Waals surface area contributed by atoms with Crippen LogP contribution < -0.4 is 9.64 Å². The average molecular weight is 298 g/mol. The van der Waals surface area contributed by atoms with Crippen molar-refractivity contribution in [3.63, 3.8) is 0 Å². The fraction of sp³-hybridized carbons (Fsp3) is 0.733. The number of nitrogens with zero attached hydrogens (tertiary/aromatic N) is 3. The van der Waals surface area contributed by atoms with Crippen molar-refractivity contribution in [2.24, 2.45) is 0 Å². The van der Waals surface area contributed by atoms with Gasteiger partial charge in [-0.25, -0.2) is 4.98 Å². The van der Waals surface area contributed by atoms with Crippen molar-refractivity contribution in [3.05, 3.63) is 11.8 Å². The zero-order valence-corrected chi connectivity index (χ0v) is 13.4. The Balaban J connectivity index is 2.24. The first-order valence-electron chi connectivity index (χ1n) is 7.45. The maximum atomic E-state index is 5.96. The first-order valence-corrected chi connectivity index (χ1v) is 7.98. The Morgan fingerprint density at radius 2 is 2.05 bits per heavy atom. The van der Waals surface area contributed by atoms with Crippen molar-refractivity contribution in [1.82, 2.24) is 9.97 Å². The summed E-state index contributed by atoms with van der Waals surface area (Å²) in [6, 6.07) is 2.40. The number of halogens is 1. The molecule has 1 saturated carbocycles. The van der Waals surface area contributed by atoms with Crippen molar-refractivity contribution < 1.29 is 4.74 Å². The first-order chi connectivity index (χ1) is 9.60. The summed E-state index contributed by atoms with van der Waals surface area (Å²) in [7, 11) is 0. The molecule has 0 unspecified atom stereocenters. The van der Waals surface area contributed by atoms with E-state index in [-0.39, 0.29) is 6.10 Å². The number of alkyl halides is 1. The van der Waals surface area contributed by atoms with E-state index >= 15 is 0 Å². The van der Waals surface area contributed by atoms with Crippen LogP contribution in [0.4, 0.5) is 5.95 Å². The molecule has 1 fully saturated rings. The molecule has 4 nitrogen and oxygen atoms in total. The molecule has 20 heavy (non-hydrogen) atoms. The van der Waals surface area contributed by atoms with Gasteiger partial charge < -0.3 is 9.64 Å². The third-order valence-corrected chi connectivity index (χ3v) is 3.69. The van der Waals surface area contributed by atoms with Gasteiger partial charge in [0.1, 0.15) is 0 Å². The van der Waals surface area contributed by atoms with E-state index < -0.39 is 0 Å². The van der Waals surface area contributed by atoms with E-state index in [2.05, 4.69) is 14.9 Å².